The molecule has 0 saturated carbocycles. The molecule has 1 rings (SSSR count). The van der Waals surface area contributed by atoms with Gasteiger partial charge in [0, 0.05) is 33.8 Å². The number of rotatable bonds is 7. The number of hydrogen-bond acceptors (Lipinski definition) is 8. The smallest absolute Gasteiger partial charge is 0.243 e. The van der Waals surface area contributed by atoms with E-state index in [1.165, 1.54) is 0 Å². The SMILES string of the molecule is CCN(CCCO)c1nc(NN)nc(N(C)C)n1. The van der Waals surface area contributed by atoms with Gasteiger partial charge in [-0.15, -0.1) is 0 Å². The number of nitrogens with zero attached hydrogens (tertiary/aromatic N) is 5. The van der Waals surface area contributed by atoms with Gasteiger partial charge in [-0.2, -0.15) is 15.0 Å². The molecule has 0 aliphatic carbocycles. The fraction of sp³-hybridized carbons (Fsp3) is 0.700. The van der Waals surface area contributed by atoms with Gasteiger partial charge in [0.15, 0.2) is 0 Å². The summed E-state index contributed by atoms with van der Waals surface area (Å²) in [6.45, 7) is 3.59. The summed E-state index contributed by atoms with van der Waals surface area (Å²) in [5.41, 5.74) is 2.43. The van der Waals surface area contributed by atoms with Crippen LogP contribution in [0.2, 0.25) is 0 Å². The summed E-state index contributed by atoms with van der Waals surface area (Å²) in [6, 6.07) is 0. The zero-order chi connectivity index (χ0) is 13.5. The Labute approximate surface area is 107 Å². The quantitative estimate of drug-likeness (QED) is 0.440. The third kappa shape index (κ3) is 3.67. The first kappa shape index (κ1) is 14.4. The highest BCUT2D eigenvalue weighted by molar-refractivity contribution is 5.43. The predicted molar refractivity (Wildman–Crippen MR) is 71.6 cm³/mol. The summed E-state index contributed by atoms with van der Waals surface area (Å²) in [4.78, 5) is 16.5. The van der Waals surface area contributed by atoms with Crippen molar-refractivity contribution in [2.24, 2.45) is 5.84 Å². The van der Waals surface area contributed by atoms with Gasteiger partial charge in [0.25, 0.3) is 0 Å². The van der Waals surface area contributed by atoms with Crippen molar-refractivity contribution in [3.8, 4) is 0 Å². The zero-order valence-corrected chi connectivity index (χ0v) is 11.1. The van der Waals surface area contributed by atoms with Gasteiger partial charge < -0.3 is 14.9 Å². The maximum absolute atomic E-state index is 8.88. The second-order valence-electron chi connectivity index (χ2n) is 3.95. The normalized spacial score (nSPS) is 10.3. The fourth-order valence-corrected chi connectivity index (χ4v) is 1.42. The van der Waals surface area contributed by atoms with Gasteiger partial charge in [0.05, 0.1) is 0 Å². The maximum Gasteiger partial charge on any atom is 0.243 e. The lowest BCUT2D eigenvalue weighted by Crippen LogP contribution is -2.28. The monoisotopic (exact) mass is 255 g/mol. The van der Waals surface area contributed by atoms with Crippen LogP contribution in [0.5, 0.6) is 0 Å². The number of anilines is 3. The Morgan fingerprint density at radius 1 is 1.22 bits per heavy atom. The molecule has 0 amide bonds. The van der Waals surface area contributed by atoms with Gasteiger partial charge in [-0.1, -0.05) is 0 Å². The van der Waals surface area contributed by atoms with E-state index in [0.29, 0.717) is 30.8 Å². The topological polar surface area (TPSA) is 103 Å². The minimum absolute atomic E-state index is 0.143. The fourth-order valence-electron chi connectivity index (χ4n) is 1.42. The second-order valence-corrected chi connectivity index (χ2v) is 3.95. The molecule has 8 nitrogen and oxygen atoms in total. The van der Waals surface area contributed by atoms with Gasteiger partial charge in [0.1, 0.15) is 0 Å². The summed E-state index contributed by atoms with van der Waals surface area (Å²) in [6.07, 6.45) is 0.669. The molecule has 0 aromatic carbocycles. The molecule has 1 heterocycles. The van der Waals surface area contributed by atoms with Crippen LogP contribution in [0.25, 0.3) is 0 Å². The third-order valence-electron chi connectivity index (χ3n) is 2.39. The highest BCUT2D eigenvalue weighted by atomic mass is 16.3. The molecule has 0 radical (unpaired) electrons. The molecule has 0 unspecified atom stereocenters. The lowest BCUT2D eigenvalue weighted by molar-refractivity contribution is 0.289. The van der Waals surface area contributed by atoms with E-state index in [1.54, 1.807) is 4.90 Å². The van der Waals surface area contributed by atoms with Gasteiger partial charge in [-0.3, -0.25) is 5.43 Å². The lowest BCUT2D eigenvalue weighted by Gasteiger charge is -2.22. The molecule has 0 fully saturated rings. The van der Waals surface area contributed by atoms with E-state index in [-0.39, 0.29) is 6.61 Å². The highest BCUT2D eigenvalue weighted by Gasteiger charge is 2.12. The molecule has 0 saturated heterocycles. The first-order chi connectivity index (χ1) is 8.62. The Hall–Kier alpha value is -1.67. The number of aliphatic hydroxyl groups excluding tert-OH is 1. The molecule has 0 bridgehead atoms. The van der Waals surface area contributed by atoms with Crippen LogP contribution in [0.1, 0.15) is 13.3 Å². The molecule has 0 aliphatic heterocycles. The summed E-state index contributed by atoms with van der Waals surface area (Å²) < 4.78 is 0. The maximum atomic E-state index is 8.88. The van der Waals surface area contributed by atoms with Crippen molar-refractivity contribution in [2.45, 2.75) is 13.3 Å². The van der Waals surface area contributed by atoms with Crippen LogP contribution in [0.3, 0.4) is 0 Å². The van der Waals surface area contributed by atoms with E-state index in [1.807, 2.05) is 25.9 Å². The molecule has 1 aromatic heterocycles. The minimum Gasteiger partial charge on any atom is -0.396 e. The Morgan fingerprint density at radius 3 is 2.39 bits per heavy atom. The van der Waals surface area contributed by atoms with E-state index in [4.69, 9.17) is 10.9 Å². The summed E-state index contributed by atoms with van der Waals surface area (Å²) in [5, 5.41) is 8.88. The molecule has 0 atom stereocenters. The summed E-state index contributed by atoms with van der Waals surface area (Å²) >= 11 is 0. The van der Waals surface area contributed by atoms with Crippen molar-refractivity contribution < 1.29 is 5.11 Å². The van der Waals surface area contributed by atoms with Crippen LogP contribution >= 0.6 is 0 Å². The summed E-state index contributed by atoms with van der Waals surface area (Å²) in [5.74, 6) is 6.77. The van der Waals surface area contributed by atoms with E-state index in [9.17, 15) is 0 Å². The molecule has 0 aliphatic rings. The average Bonchev–Trinajstić information content (AvgIpc) is 2.39. The third-order valence-corrected chi connectivity index (χ3v) is 2.39. The van der Waals surface area contributed by atoms with Gasteiger partial charge in [-0.05, 0) is 13.3 Å². The molecule has 18 heavy (non-hydrogen) atoms. The highest BCUT2D eigenvalue weighted by Crippen LogP contribution is 2.14. The minimum atomic E-state index is 0.143. The molecule has 4 N–H and O–H groups in total. The molecule has 8 heteroatoms. The molecule has 102 valence electrons. The molecular weight excluding hydrogens is 234 g/mol. The van der Waals surface area contributed by atoms with Gasteiger partial charge >= 0.3 is 0 Å². The number of nitrogens with one attached hydrogen (secondary N) is 1. The van der Waals surface area contributed by atoms with Crippen molar-refractivity contribution in [3.63, 3.8) is 0 Å². The number of nitrogens with two attached hydrogens (primary N) is 1. The molecular formula is C10H21N7O. The molecule has 1 aromatic rings. The second kappa shape index (κ2) is 6.92. The van der Waals surface area contributed by atoms with Crippen LogP contribution in [0, 0.1) is 0 Å². The van der Waals surface area contributed by atoms with Crippen molar-refractivity contribution in [2.75, 3.05) is 49.0 Å². The van der Waals surface area contributed by atoms with Crippen molar-refractivity contribution in [1.29, 1.82) is 0 Å². The van der Waals surface area contributed by atoms with Crippen LogP contribution in [0.4, 0.5) is 17.8 Å². The van der Waals surface area contributed by atoms with Crippen molar-refractivity contribution in [1.82, 2.24) is 15.0 Å². The largest absolute Gasteiger partial charge is 0.396 e. The average molecular weight is 255 g/mol. The van der Waals surface area contributed by atoms with Crippen molar-refractivity contribution >= 4 is 17.8 Å². The van der Waals surface area contributed by atoms with Crippen LogP contribution in [0.15, 0.2) is 0 Å². The van der Waals surface area contributed by atoms with E-state index in [0.717, 1.165) is 6.54 Å². The summed E-state index contributed by atoms with van der Waals surface area (Å²) in [7, 11) is 3.70. The number of hydrazine groups is 1. The van der Waals surface area contributed by atoms with E-state index < -0.39 is 0 Å². The lowest BCUT2D eigenvalue weighted by atomic mass is 10.4. The first-order valence-electron chi connectivity index (χ1n) is 5.88. The van der Waals surface area contributed by atoms with Gasteiger partial charge in [-0.25, -0.2) is 5.84 Å². The zero-order valence-electron chi connectivity index (χ0n) is 11.1. The number of aliphatic hydroxyl groups is 1. The van der Waals surface area contributed by atoms with E-state index in [2.05, 4.69) is 20.4 Å². The van der Waals surface area contributed by atoms with Gasteiger partial charge in [0.2, 0.25) is 17.8 Å². The predicted octanol–water partition coefficient (Wildman–Crippen LogP) is -0.568. The molecule has 0 spiro atoms. The van der Waals surface area contributed by atoms with Crippen molar-refractivity contribution in [3.05, 3.63) is 0 Å². The standard InChI is InChI=1S/C10H21N7O/c1-4-17(6-5-7-18)10-13-8(15-11)12-9(14-10)16(2)3/h18H,4-7,11H2,1-3H3,(H,12,13,14,15). The van der Waals surface area contributed by atoms with Crippen LogP contribution in [-0.4, -0.2) is 53.9 Å². The Morgan fingerprint density at radius 2 is 1.89 bits per heavy atom. The van der Waals surface area contributed by atoms with Crippen LogP contribution < -0.4 is 21.1 Å². The first-order valence-corrected chi connectivity index (χ1v) is 5.88. The number of hydrogen-bond donors (Lipinski definition) is 3. The Kier molecular flexibility index (Phi) is 5.53. The Bertz CT molecular complexity index is 371. The number of aromatic nitrogens is 3. The van der Waals surface area contributed by atoms with E-state index >= 15 is 0 Å². The van der Waals surface area contributed by atoms with Crippen LogP contribution in [-0.2, 0) is 0 Å². The number of nitrogen functional groups attached to an aromatic ring is 1. The Balaban J connectivity index is 3.00.